The van der Waals surface area contributed by atoms with Crippen molar-refractivity contribution in [1.82, 2.24) is 15.0 Å². The molecule has 0 fully saturated rings. The number of rotatable bonds is 5. The van der Waals surface area contributed by atoms with Crippen molar-refractivity contribution in [1.29, 1.82) is 0 Å². The van der Waals surface area contributed by atoms with Crippen molar-refractivity contribution in [3.8, 4) is 0 Å². The van der Waals surface area contributed by atoms with Gasteiger partial charge in [0, 0.05) is 26.9 Å². The number of hydrogen-bond donors (Lipinski definition) is 3. The lowest BCUT2D eigenvalue weighted by Gasteiger charge is -2.14. The molecule has 0 aliphatic heterocycles. The average molecular weight is 403 g/mol. The van der Waals surface area contributed by atoms with Crippen LogP contribution in [0.4, 0.5) is 22.9 Å². The molecule has 0 aliphatic rings. The van der Waals surface area contributed by atoms with Crippen LogP contribution in [0.2, 0.25) is 0 Å². The molecular formula is C22H22N6S. The van der Waals surface area contributed by atoms with Gasteiger partial charge in [0.25, 0.3) is 0 Å². The number of nitrogens with one attached hydrogen (secondary N) is 1. The molecule has 146 valence electrons. The van der Waals surface area contributed by atoms with Gasteiger partial charge < -0.3 is 16.8 Å². The van der Waals surface area contributed by atoms with Gasteiger partial charge >= 0.3 is 0 Å². The highest BCUT2D eigenvalue weighted by molar-refractivity contribution is 7.99. The average Bonchev–Trinajstić information content (AvgIpc) is 2.71. The molecule has 0 unspecified atom stereocenters. The van der Waals surface area contributed by atoms with E-state index in [9.17, 15) is 0 Å². The zero-order valence-corrected chi connectivity index (χ0v) is 17.1. The Morgan fingerprint density at radius 2 is 1.66 bits per heavy atom. The summed E-state index contributed by atoms with van der Waals surface area (Å²) in [5.41, 5.74) is 15.8. The summed E-state index contributed by atoms with van der Waals surface area (Å²) < 4.78 is 0. The van der Waals surface area contributed by atoms with Gasteiger partial charge in [-0.25, -0.2) is 15.0 Å². The number of hydrogen-bond acceptors (Lipinski definition) is 7. The third-order valence-electron chi connectivity index (χ3n) is 4.47. The van der Waals surface area contributed by atoms with E-state index in [1.54, 1.807) is 11.8 Å². The topological polar surface area (TPSA) is 103 Å². The molecule has 0 saturated heterocycles. The first kappa shape index (κ1) is 19.0. The largest absolute Gasteiger partial charge is 0.399 e. The lowest BCUT2D eigenvalue weighted by atomic mass is 10.1. The summed E-state index contributed by atoms with van der Waals surface area (Å²) in [5, 5.41) is 4.28. The quantitative estimate of drug-likeness (QED) is 0.394. The Bertz CT molecular complexity index is 1160. The van der Waals surface area contributed by atoms with Crippen LogP contribution >= 0.6 is 11.8 Å². The van der Waals surface area contributed by atoms with Crippen molar-refractivity contribution >= 4 is 45.7 Å². The Hall–Kier alpha value is -3.32. The molecule has 2 aromatic heterocycles. The second-order valence-corrected chi connectivity index (χ2v) is 8.15. The number of fused-ring (bicyclic) bond motifs is 1. The van der Waals surface area contributed by atoms with E-state index in [1.807, 2.05) is 54.6 Å². The molecule has 0 aliphatic carbocycles. The van der Waals surface area contributed by atoms with Crippen molar-refractivity contribution in [2.24, 2.45) is 0 Å². The van der Waals surface area contributed by atoms with Crippen LogP contribution in [0.25, 0.3) is 11.0 Å². The van der Waals surface area contributed by atoms with E-state index in [0.29, 0.717) is 23.1 Å². The van der Waals surface area contributed by atoms with E-state index in [4.69, 9.17) is 11.5 Å². The smallest absolute Gasteiger partial charge is 0.164 e. The molecule has 0 amide bonds. The second kappa shape index (κ2) is 7.97. The van der Waals surface area contributed by atoms with Crippen LogP contribution < -0.4 is 16.8 Å². The molecule has 7 heteroatoms. The highest BCUT2D eigenvalue weighted by Crippen LogP contribution is 2.37. The van der Waals surface area contributed by atoms with Crippen LogP contribution in [-0.2, 0) is 0 Å². The zero-order chi connectivity index (χ0) is 20.4. The van der Waals surface area contributed by atoms with Crippen LogP contribution in [0.3, 0.4) is 0 Å². The third kappa shape index (κ3) is 4.25. The summed E-state index contributed by atoms with van der Waals surface area (Å²) in [7, 11) is 0. The molecule has 2 heterocycles. The summed E-state index contributed by atoms with van der Waals surface area (Å²) in [5.74, 6) is 1.03. The van der Waals surface area contributed by atoms with Crippen LogP contribution in [0.5, 0.6) is 0 Å². The lowest BCUT2D eigenvalue weighted by molar-refractivity contribution is 0.827. The SMILES string of the molecule is CC(C)c1ccc2c(Nc3cc(N)ccc3Sc3ccc(N)cc3)ncnc2n1. The van der Waals surface area contributed by atoms with E-state index in [-0.39, 0.29) is 0 Å². The number of benzene rings is 2. The lowest BCUT2D eigenvalue weighted by Crippen LogP contribution is -2.01. The van der Waals surface area contributed by atoms with Crippen LogP contribution in [-0.4, -0.2) is 15.0 Å². The minimum Gasteiger partial charge on any atom is -0.399 e. The van der Waals surface area contributed by atoms with Gasteiger partial charge in [-0.1, -0.05) is 25.6 Å². The Kier molecular flexibility index (Phi) is 5.22. The first-order valence-electron chi connectivity index (χ1n) is 9.31. The number of pyridine rings is 1. The summed E-state index contributed by atoms with van der Waals surface area (Å²) in [6.07, 6.45) is 1.53. The predicted octanol–water partition coefficient (Wildman–Crippen LogP) is 5.21. The van der Waals surface area contributed by atoms with Gasteiger partial charge in [-0.15, -0.1) is 0 Å². The molecule has 2 aromatic carbocycles. The molecule has 29 heavy (non-hydrogen) atoms. The number of aromatic nitrogens is 3. The number of nitrogen functional groups attached to an aromatic ring is 2. The fourth-order valence-corrected chi connectivity index (χ4v) is 3.79. The predicted molar refractivity (Wildman–Crippen MR) is 121 cm³/mol. The molecule has 4 aromatic rings. The van der Waals surface area contributed by atoms with E-state index < -0.39 is 0 Å². The summed E-state index contributed by atoms with van der Waals surface area (Å²) in [4.78, 5) is 15.6. The maximum atomic E-state index is 6.05. The van der Waals surface area contributed by atoms with E-state index >= 15 is 0 Å². The van der Waals surface area contributed by atoms with Gasteiger partial charge in [-0.05, 0) is 60.5 Å². The Balaban J connectivity index is 1.70. The maximum Gasteiger partial charge on any atom is 0.164 e. The molecule has 0 saturated carbocycles. The summed E-state index contributed by atoms with van der Waals surface area (Å²) in [6.45, 7) is 4.23. The minimum atomic E-state index is 0.336. The summed E-state index contributed by atoms with van der Waals surface area (Å²) >= 11 is 1.63. The van der Waals surface area contributed by atoms with Crippen LogP contribution in [0, 0.1) is 0 Å². The molecule has 0 radical (unpaired) electrons. The second-order valence-electron chi connectivity index (χ2n) is 7.04. The van der Waals surface area contributed by atoms with Gasteiger partial charge in [0.1, 0.15) is 12.1 Å². The highest BCUT2D eigenvalue weighted by atomic mass is 32.2. The normalized spacial score (nSPS) is 11.1. The zero-order valence-electron chi connectivity index (χ0n) is 16.3. The fourth-order valence-electron chi connectivity index (χ4n) is 2.90. The molecule has 4 rings (SSSR count). The van der Waals surface area contributed by atoms with Gasteiger partial charge in [-0.2, -0.15) is 0 Å². The van der Waals surface area contributed by atoms with Gasteiger partial charge in [0.2, 0.25) is 0 Å². The van der Waals surface area contributed by atoms with E-state index in [0.717, 1.165) is 32.2 Å². The Morgan fingerprint density at radius 1 is 0.897 bits per heavy atom. The maximum absolute atomic E-state index is 6.05. The standard InChI is InChI=1S/C22H22N6S/c1-13(2)18-9-8-17-21(27-18)25-12-26-22(17)28-19-11-15(24)5-10-20(19)29-16-6-3-14(23)4-7-16/h3-13H,23-24H2,1-2H3,(H,25,26,27,28). The Labute approximate surface area is 173 Å². The van der Waals surface area contributed by atoms with E-state index in [1.165, 1.54) is 6.33 Å². The first-order valence-corrected chi connectivity index (χ1v) is 10.1. The van der Waals surface area contributed by atoms with E-state index in [2.05, 4.69) is 34.1 Å². The monoisotopic (exact) mass is 402 g/mol. The van der Waals surface area contributed by atoms with Crippen molar-refractivity contribution in [2.75, 3.05) is 16.8 Å². The molecule has 0 atom stereocenters. The molecular weight excluding hydrogens is 380 g/mol. The third-order valence-corrected chi connectivity index (χ3v) is 5.56. The number of nitrogens with zero attached hydrogens (tertiary/aromatic N) is 3. The van der Waals surface area contributed by atoms with Crippen molar-refractivity contribution < 1.29 is 0 Å². The number of anilines is 4. The molecule has 0 spiro atoms. The fraction of sp³-hybridized carbons (Fsp3) is 0.136. The van der Waals surface area contributed by atoms with Crippen molar-refractivity contribution in [3.05, 3.63) is 66.6 Å². The summed E-state index contributed by atoms with van der Waals surface area (Å²) in [6, 6.07) is 17.6. The van der Waals surface area contributed by atoms with Crippen molar-refractivity contribution in [3.63, 3.8) is 0 Å². The van der Waals surface area contributed by atoms with Gasteiger partial charge in [0.05, 0.1) is 11.1 Å². The van der Waals surface area contributed by atoms with Gasteiger partial charge in [-0.3, -0.25) is 0 Å². The minimum absolute atomic E-state index is 0.336. The Morgan fingerprint density at radius 3 is 2.41 bits per heavy atom. The van der Waals surface area contributed by atoms with Crippen LogP contribution in [0.1, 0.15) is 25.5 Å². The van der Waals surface area contributed by atoms with Crippen LogP contribution in [0.15, 0.2) is 70.7 Å². The highest BCUT2D eigenvalue weighted by Gasteiger charge is 2.11. The number of nitrogens with two attached hydrogens (primary N) is 2. The van der Waals surface area contributed by atoms with Gasteiger partial charge in [0.15, 0.2) is 5.65 Å². The van der Waals surface area contributed by atoms with Crippen molar-refractivity contribution in [2.45, 2.75) is 29.6 Å². The molecule has 0 bridgehead atoms. The molecule has 5 N–H and O–H groups in total. The first-order chi connectivity index (χ1) is 14.0. The molecule has 6 nitrogen and oxygen atoms in total.